The summed E-state index contributed by atoms with van der Waals surface area (Å²) in [5.74, 6) is -0.234. The first-order chi connectivity index (χ1) is 12.6. The molecule has 3 aromatic carbocycles. The summed E-state index contributed by atoms with van der Waals surface area (Å²) >= 11 is 0. The smallest absolute Gasteiger partial charge is 0.338 e. The number of aryl methyl sites for hydroxylation is 1. The summed E-state index contributed by atoms with van der Waals surface area (Å²) < 4.78 is 7.09. The van der Waals surface area contributed by atoms with E-state index in [1.54, 1.807) is 12.1 Å². The van der Waals surface area contributed by atoms with E-state index in [-0.39, 0.29) is 5.75 Å². The van der Waals surface area contributed by atoms with Crippen molar-refractivity contribution >= 4 is 27.8 Å². The van der Waals surface area contributed by atoms with Crippen molar-refractivity contribution in [2.75, 3.05) is 7.11 Å². The fraction of sp³-hybridized carbons (Fsp3) is 0.136. The van der Waals surface area contributed by atoms with Crippen molar-refractivity contribution in [1.29, 1.82) is 0 Å². The largest absolute Gasteiger partial charge is 0.507 e. The van der Waals surface area contributed by atoms with Crippen LogP contribution in [0.4, 0.5) is 0 Å². The molecule has 1 aromatic heterocycles. The summed E-state index contributed by atoms with van der Waals surface area (Å²) in [6.45, 7) is 2.60. The molecule has 0 saturated heterocycles. The van der Waals surface area contributed by atoms with Crippen molar-refractivity contribution in [2.45, 2.75) is 13.5 Å². The second-order valence-corrected chi connectivity index (χ2v) is 6.44. The number of carbonyl (C=O) groups excluding carboxylic acids is 1. The third-order valence-corrected chi connectivity index (χ3v) is 4.70. The van der Waals surface area contributed by atoms with E-state index in [2.05, 4.69) is 16.7 Å². The Labute approximate surface area is 151 Å². The van der Waals surface area contributed by atoms with Crippen molar-refractivity contribution < 1.29 is 14.6 Å². The molecule has 4 rings (SSSR count). The molecule has 4 heteroatoms. The SMILES string of the molecule is COC(=O)c1cccc2c1c1c(O)cc(C)cc1n2Cc1ccccc1. The van der Waals surface area contributed by atoms with Gasteiger partial charge in [0.1, 0.15) is 5.75 Å². The Balaban J connectivity index is 2.11. The van der Waals surface area contributed by atoms with Gasteiger partial charge >= 0.3 is 5.97 Å². The van der Waals surface area contributed by atoms with E-state index in [1.165, 1.54) is 7.11 Å². The maximum atomic E-state index is 12.3. The molecule has 4 nitrogen and oxygen atoms in total. The number of esters is 1. The van der Waals surface area contributed by atoms with Crippen LogP contribution in [-0.4, -0.2) is 22.8 Å². The molecular formula is C22H19NO3. The van der Waals surface area contributed by atoms with Crippen LogP contribution in [0.15, 0.2) is 60.7 Å². The van der Waals surface area contributed by atoms with Crippen LogP contribution in [0.25, 0.3) is 21.8 Å². The van der Waals surface area contributed by atoms with Gasteiger partial charge in [-0.05, 0) is 42.3 Å². The summed E-state index contributed by atoms with van der Waals surface area (Å²) in [6, 6.07) is 19.5. The number of ether oxygens (including phenoxy) is 1. The molecule has 0 aliphatic carbocycles. The number of carbonyl (C=O) groups is 1. The Kier molecular flexibility index (Phi) is 3.88. The number of nitrogens with zero attached hydrogens (tertiary/aromatic N) is 1. The topological polar surface area (TPSA) is 51.5 Å². The fourth-order valence-corrected chi connectivity index (χ4v) is 3.59. The van der Waals surface area contributed by atoms with Gasteiger partial charge in [0, 0.05) is 11.9 Å². The van der Waals surface area contributed by atoms with Crippen LogP contribution in [0.2, 0.25) is 0 Å². The highest BCUT2D eigenvalue weighted by Crippen LogP contribution is 2.38. The normalized spacial score (nSPS) is 11.2. The minimum atomic E-state index is -0.408. The predicted octanol–water partition coefficient (Wildman–Crippen LogP) is 4.64. The molecule has 0 aliphatic heterocycles. The van der Waals surface area contributed by atoms with Gasteiger partial charge in [-0.25, -0.2) is 4.79 Å². The summed E-state index contributed by atoms with van der Waals surface area (Å²) in [4.78, 5) is 12.3. The number of methoxy groups -OCH3 is 1. The number of benzene rings is 3. The highest BCUT2D eigenvalue weighted by Gasteiger charge is 2.20. The number of hydrogen-bond donors (Lipinski definition) is 1. The first-order valence-electron chi connectivity index (χ1n) is 8.47. The van der Waals surface area contributed by atoms with E-state index in [0.717, 1.165) is 27.5 Å². The lowest BCUT2D eigenvalue weighted by Crippen LogP contribution is -2.02. The molecule has 0 saturated carbocycles. The first kappa shape index (κ1) is 16.2. The standard InChI is InChI=1S/C22H19NO3/c1-14-11-18-21(19(24)12-14)20-16(22(25)26-2)9-6-10-17(20)23(18)13-15-7-4-3-5-8-15/h3-12,24H,13H2,1-2H3. The molecule has 26 heavy (non-hydrogen) atoms. The molecule has 130 valence electrons. The van der Waals surface area contributed by atoms with Gasteiger partial charge in [0.05, 0.1) is 29.1 Å². The fourth-order valence-electron chi connectivity index (χ4n) is 3.59. The first-order valence-corrected chi connectivity index (χ1v) is 8.47. The van der Waals surface area contributed by atoms with Gasteiger partial charge in [-0.3, -0.25) is 0 Å². The van der Waals surface area contributed by atoms with Gasteiger partial charge < -0.3 is 14.4 Å². The zero-order valence-corrected chi connectivity index (χ0v) is 14.7. The summed E-state index contributed by atoms with van der Waals surface area (Å²) in [5, 5.41) is 12.1. The summed E-state index contributed by atoms with van der Waals surface area (Å²) in [6.07, 6.45) is 0. The molecule has 1 N–H and O–H groups in total. The van der Waals surface area contributed by atoms with Crippen LogP contribution in [0.5, 0.6) is 5.75 Å². The van der Waals surface area contributed by atoms with Gasteiger partial charge in [-0.2, -0.15) is 0 Å². The molecule has 0 amide bonds. The predicted molar refractivity (Wildman–Crippen MR) is 103 cm³/mol. The molecule has 0 atom stereocenters. The van der Waals surface area contributed by atoms with Crippen molar-refractivity contribution in [3.63, 3.8) is 0 Å². The van der Waals surface area contributed by atoms with Crippen LogP contribution in [0.1, 0.15) is 21.5 Å². The van der Waals surface area contributed by atoms with Gasteiger partial charge in [-0.1, -0.05) is 36.4 Å². The van der Waals surface area contributed by atoms with Crippen LogP contribution < -0.4 is 0 Å². The van der Waals surface area contributed by atoms with Crippen LogP contribution >= 0.6 is 0 Å². The van der Waals surface area contributed by atoms with E-state index < -0.39 is 5.97 Å². The van der Waals surface area contributed by atoms with Crippen molar-refractivity contribution in [3.8, 4) is 5.75 Å². The van der Waals surface area contributed by atoms with E-state index in [9.17, 15) is 9.90 Å². The molecule has 0 aliphatic rings. The second-order valence-electron chi connectivity index (χ2n) is 6.44. The van der Waals surface area contributed by atoms with Crippen molar-refractivity contribution in [1.82, 2.24) is 4.57 Å². The lowest BCUT2D eigenvalue weighted by atomic mass is 10.0. The Morgan fingerprint density at radius 1 is 1.00 bits per heavy atom. The lowest BCUT2D eigenvalue weighted by Gasteiger charge is -2.08. The number of aromatic nitrogens is 1. The molecule has 0 bridgehead atoms. The average molecular weight is 345 g/mol. The van der Waals surface area contributed by atoms with Crippen LogP contribution in [-0.2, 0) is 11.3 Å². The Bertz CT molecular complexity index is 1130. The molecule has 1 heterocycles. The molecule has 0 radical (unpaired) electrons. The van der Waals surface area contributed by atoms with Gasteiger partial charge in [-0.15, -0.1) is 0 Å². The molecule has 0 fully saturated rings. The third kappa shape index (κ3) is 2.51. The van der Waals surface area contributed by atoms with Crippen molar-refractivity contribution in [3.05, 3.63) is 77.4 Å². The van der Waals surface area contributed by atoms with Crippen LogP contribution in [0.3, 0.4) is 0 Å². The van der Waals surface area contributed by atoms with Gasteiger partial charge in [0.15, 0.2) is 0 Å². The molecule has 4 aromatic rings. The van der Waals surface area contributed by atoms with E-state index >= 15 is 0 Å². The number of aromatic hydroxyl groups is 1. The van der Waals surface area contributed by atoms with Crippen molar-refractivity contribution in [2.24, 2.45) is 0 Å². The maximum absolute atomic E-state index is 12.3. The highest BCUT2D eigenvalue weighted by molar-refractivity contribution is 6.19. The van der Waals surface area contributed by atoms with Gasteiger partial charge in [0.2, 0.25) is 0 Å². The minimum absolute atomic E-state index is 0.174. The molecule has 0 unspecified atom stereocenters. The molecule has 0 spiro atoms. The van der Waals surface area contributed by atoms with E-state index in [1.807, 2.05) is 43.3 Å². The Morgan fingerprint density at radius 3 is 2.50 bits per heavy atom. The average Bonchev–Trinajstić information content (AvgIpc) is 2.96. The number of rotatable bonds is 3. The zero-order valence-electron chi connectivity index (χ0n) is 14.7. The monoisotopic (exact) mass is 345 g/mol. The highest BCUT2D eigenvalue weighted by atomic mass is 16.5. The Hall–Kier alpha value is -3.27. The minimum Gasteiger partial charge on any atom is -0.507 e. The lowest BCUT2D eigenvalue weighted by molar-refractivity contribution is 0.0603. The number of hydrogen-bond acceptors (Lipinski definition) is 3. The van der Waals surface area contributed by atoms with E-state index in [4.69, 9.17) is 4.74 Å². The molecular weight excluding hydrogens is 326 g/mol. The number of phenols is 1. The second kappa shape index (κ2) is 6.23. The number of fused-ring (bicyclic) bond motifs is 3. The third-order valence-electron chi connectivity index (χ3n) is 4.70. The van der Waals surface area contributed by atoms with E-state index in [0.29, 0.717) is 17.5 Å². The van der Waals surface area contributed by atoms with Crippen LogP contribution in [0, 0.1) is 6.92 Å². The maximum Gasteiger partial charge on any atom is 0.338 e. The summed E-state index contributed by atoms with van der Waals surface area (Å²) in [7, 11) is 1.37. The Morgan fingerprint density at radius 2 is 1.77 bits per heavy atom. The summed E-state index contributed by atoms with van der Waals surface area (Å²) in [5.41, 5.74) is 4.37. The quantitative estimate of drug-likeness (QED) is 0.550. The van der Waals surface area contributed by atoms with Gasteiger partial charge in [0.25, 0.3) is 0 Å². The number of phenolic OH excluding ortho intramolecular Hbond substituents is 1. The zero-order chi connectivity index (χ0) is 18.3.